The van der Waals surface area contributed by atoms with Gasteiger partial charge in [-0.15, -0.1) is 0 Å². The highest BCUT2D eigenvalue weighted by Crippen LogP contribution is 2.61. The van der Waals surface area contributed by atoms with Crippen LogP contribution in [-0.4, -0.2) is 29.6 Å². The predicted octanol–water partition coefficient (Wildman–Crippen LogP) is 1.94. The van der Waals surface area contributed by atoms with E-state index in [0.717, 1.165) is 18.4 Å². The van der Waals surface area contributed by atoms with Crippen molar-refractivity contribution in [2.75, 3.05) is 11.5 Å². The van der Waals surface area contributed by atoms with Gasteiger partial charge in [0.1, 0.15) is 11.8 Å². The Bertz CT molecular complexity index is 854. The number of anilines is 1. The van der Waals surface area contributed by atoms with E-state index in [0.29, 0.717) is 30.0 Å². The third-order valence-corrected chi connectivity index (χ3v) is 6.40. The third-order valence-electron chi connectivity index (χ3n) is 6.40. The predicted molar refractivity (Wildman–Crippen MR) is 87.0 cm³/mol. The summed E-state index contributed by atoms with van der Waals surface area (Å²) in [4.78, 5) is 27.7. The van der Waals surface area contributed by atoms with Crippen molar-refractivity contribution in [2.45, 2.75) is 44.3 Å². The van der Waals surface area contributed by atoms with Crippen molar-refractivity contribution in [3.8, 4) is 11.8 Å². The highest BCUT2D eigenvalue weighted by atomic mass is 16.5. The molecule has 4 atom stereocenters. The average Bonchev–Trinajstić information content (AvgIpc) is 3.28. The van der Waals surface area contributed by atoms with Gasteiger partial charge in [0.25, 0.3) is 0 Å². The molecule has 0 aliphatic carbocycles. The van der Waals surface area contributed by atoms with Crippen LogP contribution in [-0.2, 0) is 20.7 Å². The van der Waals surface area contributed by atoms with Gasteiger partial charge in [0.05, 0.1) is 40.9 Å². The molecule has 128 valence electrons. The van der Waals surface area contributed by atoms with E-state index in [1.54, 1.807) is 12.1 Å². The van der Waals surface area contributed by atoms with E-state index in [1.807, 2.05) is 13.8 Å². The van der Waals surface area contributed by atoms with E-state index in [2.05, 4.69) is 6.07 Å². The summed E-state index contributed by atoms with van der Waals surface area (Å²) in [7, 11) is 0. The third kappa shape index (κ3) is 1.62. The van der Waals surface area contributed by atoms with Crippen LogP contribution in [0.4, 0.5) is 5.69 Å². The van der Waals surface area contributed by atoms with Crippen LogP contribution in [0.25, 0.3) is 0 Å². The first kappa shape index (κ1) is 14.9. The molecule has 6 heteroatoms. The fourth-order valence-corrected chi connectivity index (χ4v) is 5.28. The second-order valence-electron chi connectivity index (χ2n) is 7.84. The lowest BCUT2D eigenvalue weighted by Crippen LogP contribution is -2.40. The second-order valence-corrected chi connectivity index (χ2v) is 7.84. The first-order chi connectivity index (χ1) is 11.9. The van der Waals surface area contributed by atoms with Gasteiger partial charge < -0.3 is 9.47 Å². The number of carbonyl (C=O) groups is 2. The minimum Gasteiger partial charge on any atom is -0.491 e. The van der Waals surface area contributed by atoms with Crippen LogP contribution >= 0.6 is 0 Å². The summed E-state index contributed by atoms with van der Waals surface area (Å²) in [5, 5.41) is 9.24. The molecular formula is C19H18N2O4. The number of nitriles is 1. The van der Waals surface area contributed by atoms with E-state index in [9.17, 15) is 14.9 Å². The Morgan fingerprint density at radius 1 is 1.16 bits per heavy atom. The van der Waals surface area contributed by atoms with Gasteiger partial charge in [-0.25, -0.2) is 4.90 Å². The molecule has 0 N–H and O–H groups in total. The molecule has 3 fully saturated rings. The molecule has 0 aromatic heterocycles. The van der Waals surface area contributed by atoms with E-state index < -0.39 is 23.0 Å². The van der Waals surface area contributed by atoms with Crippen molar-refractivity contribution < 1.29 is 19.1 Å². The Labute approximate surface area is 145 Å². The number of benzene rings is 1. The molecule has 2 amide bonds. The minimum absolute atomic E-state index is 0.181. The zero-order chi connectivity index (χ0) is 17.6. The van der Waals surface area contributed by atoms with Crippen LogP contribution in [0.3, 0.4) is 0 Å². The average molecular weight is 338 g/mol. The summed E-state index contributed by atoms with van der Waals surface area (Å²) in [6.45, 7) is 4.36. The quantitative estimate of drug-likeness (QED) is 0.731. The molecule has 1 aromatic rings. The zero-order valence-corrected chi connectivity index (χ0v) is 14.2. The second kappa shape index (κ2) is 4.41. The molecule has 2 bridgehead atoms. The van der Waals surface area contributed by atoms with E-state index in [4.69, 9.17) is 9.47 Å². The molecular weight excluding hydrogens is 320 g/mol. The Morgan fingerprint density at radius 2 is 1.80 bits per heavy atom. The van der Waals surface area contributed by atoms with Crippen molar-refractivity contribution in [3.63, 3.8) is 0 Å². The smallest absolute Gasteiger partial charge is 0.240 e. The molecule has 3 saturated heterocycles. The number of rotatable bonds is 1. The van der Waals surface area contributed by atoms with Crippen molar-refractivity contribution in [1.82, 2.24) is 0 Å². The standard InChI is InChI=1S/C19H18N2O4/c1-18-6-7-19(2,25-18)14-13(18)16(22)21(17(14)23)12-4-3-10(9-20)15-11(12)5-8-24-15/h3-4,13-14H,5-8H2,1-2H3/t13-,14+,18-,19+. The zero-order valence-electron chi connectivity index (χ0n) is 14.2. The van der Waals surface area contributed by atoms with Crippen molar-refractivity contribution >= 4 is 17.5 Å². The number of hydrogen-bond donors (Lipinski definition) is 0. The van der Waals surface area contributed by atoms with Crippen molar-refractivity contribution in [2.24, 2.45) is 11.8 Å². The van der Waals surface area contributed by atoms with Crippen molar-refractivity contribution in [3.05, 3.63) is 23.3 Å². The highest BCUT2D eigenvalue weighted by molar-refractivity contribution is 6.23. The van der Waals surface area contributed by atoms with Gasteiger partial charge in [0.15, 0.2) is 0 Å². The number of hydrogen-bond acceptors (Lipinski definition) is 5. The number of nitrogens with zero attached hydrogens (tertiary/aromatic N) is 2. The first-order valence-corrected chi connectivity index (χ1v) is 8.66. The van der Waals surface area contributed by atoms with Crippen LogP contribution in [0, 0.1) is 23.2 Å². The van der Waals surface area contributed by atoms with Gasteiger partial charge >= 0.3 is 0 Å². The number of amides is 2. The molecule has 25 heavy (non-hydrogen) atoms. The number of carbonyl (C=O) groups excluding carboxylic acids is 2. The largest absolute Gasteiger partial charge is 0.491 e. The van der Waals surface area contributed by atoms with Crippen LogP contribution < -0.4 is 9.64 Å². The Balaban J connectivity index is 1.64. The lowest BCUT2D eigenvalue weighted by atomic mass is 9.69. The fourth-order valence-electron chi connectivity index (χ4n) is 5.28. The Morgan fingerprint density at radius 3 is 2.40 bits per heavy atom. The van der Waals surface area contributed by atoms with Gasteiger partial charge in [0.2, 0.25) is 11.8 Å². The van der Waals surface area contributed by atoms with Crippen molar-refractivity contribution in [1.29, 1.82) is 5.26 Å². The monoisotopic (exact) mass is 338 g/mol. The number of imide groups is 1. The maximum Gasteiger partial charge on any atom is 0.240 e. The van der Waals surface area contributed by atoms with E-state index in [-0.39, 0.29) is 11.8 Å². The first-order valence-electron chi connectivity index (χ1n) is 8.66. The van der Waals surface area contributed by atoms with Gasteiger partial charge in [-0.1, -0.05) is 0 Å². The molecule has 6 nitrogen and oxygen atoms in total. The lowest BCUT2D eigenvalue weighted by molar-refractivity contribution is -0.129. The molecule has 4 aliphatic rings. The Hall–Kier alpha value is -2.39. The summed E-state index contributed by atoms with van der Waals surface area (Å²) in [5.74, 6) is -0.700. The molecule has 0 saturated carbocycles. The molecule has 0 spiro atoms. The summed E-state index contributed by atoms with van der Waals surface area (Å²) in [5.41, 5.74) is 0.671. The van der Waals surface area contributed by atoms with Gasteiger partial charge in [0, 0.05) is 12.0 Å². The van der Waals surface area contributed by atoms with E-state index >= 15 is 0 Å². The molecule has 5 rings (SSSR count). The Kier molecular flexibility index (Phi) is 2.63. The molecule has 4 aliphatic heterocycles. The molecule has 4 heterocycles. The maximum atomic E-state index is 13.2. The maximum absolute atomic E-state index is 13.2. The minimum atomic E-state index is -0.562. The summed E-state index contributed by atoms with van der Waals surface area (Å²) in [6, 6.07) is 5.44. The highest BCUT2D eigenvalue weighted by Gasteiger charge is 2.72. The van der Waals surface area contributed by atoms with Crippen LogP contribution in [0.5, 0.6) is 5.75 Å². The number of fused-ring (bicyclic) bond motifs is 6. The molecule has 1 aromatic carbocycles. The molecule has 0 unspecified atom stereocenters. The summed E-state index contributed by atoms with van der Waals surface area (Å²) < 4.78 is 11.7. The SMILES string of the molecule is C[C@]12CC[C@](C)(O1)[C@@H]1C(=O)N(c3ccc(C#N)c4c3CCO4)C(=O)[C@@H]12. The normalized spacial score (nSPS) is 37.9. The van der Waals surface area contributed by atoms with Crippen LogP contribution in [0.2, 0.25) is 0 Å². The van der Waals surface area contributed by atoms with Gasteiger partial charge in [-0.3, -0.25) is 9.59 Å². The van der Waals surface area contributed by atoms with Crippen LogP contribution in [0.1, 0.15) is 37.8 Å². The van der Waals surface area contributed by atoms with Gasteiger partial charge in [-0.05, 0) is 38.8 Å². The topological polar surface area (TPSA) is 79.6 Å². The fraction of sp³-hybridized carbons (Fsp3) is 0.526. The van der Waals surface area contributed by atoms with E-state index in [1.165, 1.54) is 4.90 Å². The summed E-state index contributed by atoms with van der Waals surface area (Å²) >= 11 is 0. The van der Waals surface area contributed by atoms with Crippen LogP contribution in [0.15, 0.2) is 12.1 Å². The van der Waals surface area contributed by atoms with Gasteiger partial charge in [-0.2, -0.15) is 5.26 Å². The molecule has 0 radical (unpaired) electrons. The lowest BCUT2D eigenvalue weighted by Gasteiger charge is -2.27. The number of ether oxygens (including phenoxy) is 2. The summed E-state index contributed by atoms with van der Waals surface area (Å²) in [6.07, 6.45) is 2.19.